The van der Waals surface area contributed by atoms with E-state index in [9.17, 15) is 4.79 Å². The third kappa shape index (κ3) is 3.36. The number of aromatic nitrogens is 1. The second-order valence-corrected chi connectivity index (χ2v) is 5.88. The van der Waals surface area contributed by atoms with Gasteiger partial charge in [0, 0.05) is 23.9 Å². The summed E-state index contributed by atoms with van der Waals surface area (Å²) in [7, 11) is 0. The van der Waals surface area contributed by atoms with E-state index in [1.54, 1.807) is 18.2 Å². The van der Waals surface area contributed by atoms with Crippen LogP contribution in [0.5, 0.6) is 11.5 Å². The van der Waals surface area contributed by atoms with Crippen molar-refractivity contribution in [3.05, 3.63) is 29.7 Å². The van der Waals surface area contributed by atoms with Gasteiger partial charge in [-0.1, -0.05) is 11.8 Å². The van der Waals surface area contributed by atoms with Gasteiger partial charge in [-0.2, -0.15) is 0 Å². The number of carbonyl (C=O) groups is 1. The van der Waals surface area contributed by atoms with Crippen LogP contribution in [-0.4, -0.2) is 23.4 Å². The van der Waals surface area contributed by atoms with Crippen LogP contribution in [0.25, 0.3) is 0 Å². The molecule has 1 aromatic heterocycles. The van der Waals surface area contributed by atoms with Crippen molar-refractivity contribution >= 4 is 23.4 Å². The number of oxazole rings is 1. The van der Waals surface area contributed by atoms with Crippen molar-refractivity contribution in [2.75, 3.05) is 17.9 Å². The molecule has 0 saturated heterocycles. The second kappa shape index (κ2) is 6.31. The van der Waals surface area contributed by atoms with Crippen LogP contribution in [-0.2, 0) is 4.79 Å². The van der Waals surface area contributed by atoms with Gasteiger partial charge in [0.2, 0.25) is 12.7 Å². The quantitative estimate of drug-likeness (QED) is 0.853. The molecule has 0 aliphatic carbocycles. The van der Waals surface area contributed by atoms with Gasteiger partial charge in [0.25, 0.3) is 5.22 Å². The van der Waals surface area contributed by atoms with Gasteiger partial charge in [-0.3, -0.25) is 4.79 Å². The Balaban J connectivity index is 1.48. The van der Waals surface area contributed by atoms with E-state index in [4.69, 9.17) is 13.9 Å². The number of nitrogens with zero attached hydrogens (tertiary/aromatic N) is 1. The van der Waals surface area contributed by atoms with Crippen molar-refractivity contribution in [2.45, 2.75) is 25.5 Å². The largest absolute Gasteiger partial charge is 0.454 e. The van der Waals surface area contributed by atoms with Crippen molar-refractivity contribution < 1.29 is 18.7 Å². The molecule has 22 heavy (non-hydrogen) atoms. The summed E-state index contributed by atoms with van der Waals surface area (Å²) in [5, 5.41) is 3.44. The smallest absolute Gasteiger partial charge is 0.256 e. The molecule has 2 heterocycles. The maximum atomic E-state index is 11.9. The van der Waals surface area contributed by atoms with Crippen molar-refractivity contribution in [3.8, 4) is 11.5 Å². The molecular formula is C15H16N2O4S. The van der Waals surface area contributed by atoms with Crippen molar-refractivity contribution in [1.29, 1.82) is 0 Å². The Morgan fingerprint density at radius 3 is 2.91 bits per heavy atom. The number of ether oxygens (including phenoxy) is 2. The molecule has 7 heteroatoms. The first-order valence-electron chi connectivity index (χ1n) is 6.88. The predicted octanol–water partition coefficient (Wildman–Crippen LogP) is 3.14. The molecule has 1 aromatic carbocycles. The van der Waals surface area contributed by atoms with Gasteiger partial charge in [-0.05, 0) is 26.0 Å². The van der Waals surface area contributed by atoms with Gasteiger partial charge in [-0.25, -0.2) is 4.98 Å². The lowest BCUT2D eigenvalue weighted by Crippen LogP contribution is -2.12. The van der Waals surface area contributed by atoms with E-state index < -0.39 is 0 Å². The first-order valence-corrected chi connectivity index (χ1v) is 7.87. The van der Waals surface area contributed by atoms with E-state index in [0.29, 0.717) is 34.6 Å². The summed E-state index contributed by atoms with van der Waals surface area (Å²) in [5.41, 5.74) is 1.58. The molecule has 0 saturated carbocycles. The molecule has 2 aromatic rings. The third-order valence-corrected chi connectivity index (χ3v) is 4.05. The number of benzene rings is 1. The summed E-state index contributed by atoms with van der Waals surface area (Å²) in [6, 6.07) is 5.33. The molecule has 1 amide bonds. The van der Waals surface area contributed by atoms with Crippen LogP contribution >= 0.6 is 11.8 Å². The average Bonchev–Trinajstić information content (AvgIpc) is 3.05. The van der Waals surface area contributed by atoms with Crippen LogP contribution in [0.3, 0.4) is 0 Å². The molecule has 0 radical (unpaired) electrons. The van der Waals surface area contributed by atoms with Crippen LogP contribution in [0.15, 0.2) is 27.8 Å². The van der Waals surface area contributed by atoms with Crippen molar-refractivity contribution in [2.24, 2.45) is 0 Å². The number of anilines is 1. The van der Waals surface area contributed by atoms with Gasteiger partial charge in [0.1, 0.15) is 5.76 Å². The summed E-state index contributed by atoms with van der Waals surface area (Å²) >= 11 is 1.43. The van der Waals surface area contributed by atoms with Crippen LogP contribution < -0.4 is 14.8 Å². The molecule has 0 fully saturated rings. The van der Waals surface area contributed by atoms with E-state index in [-0.39, 0.29) is 12.7 Å². The van der Waals surface area contributed by atoms with Crippen molar-refractivity contribution in [3.63, 3.8) is 0 Å². The zero-order chi connectivity index (χ0) is 15.5. The standard InChI is InChI=1S/C15H16N2O4S/c1-9-10(2)21-15(16-9)22-6-5-14(18)17-11-3-4-12-13(7-11)20-8-19-12/h3-4,7H,5-6,8H2,1-2H3,(H,17,18). The number of fused-ring (bicyclic) bond motifs is 1. The third-order valence-electron chi connectivity index (χ3n) is 3.22. The lowest BCUT2D eigenvalue weighted by molar-refractivity contribution is -0.115. The minimum absolute atomic E-state index is 0.0636. The summed E-state index contributed by atoms with van der Waals surface area (Å²) < 4.78 is 16.0. The molecule has 6 nitrogen and oxygen atoms in total. The SMILES string of the molecule is Cc1nc(SCCC(=O)Nc2ccc3c(c2)OCO3)oc1C. The number of rotatable bonds is 5. The minimum atomic E-state index is -0.0636. The summed E-state index contributed by atoms with van der Waals surface area (Å²) in [4.78, 5) is 16.2. The Labute approximate surface area is 132 Å². The fraction of sp³-hybridized carbons (Fsp3) is 0.333. The fourth-order valence-corrected chi connectivity index (χ4v) is 2.78. The van der Waals surface area contributed by atoms with E-state index in [0.717, 1.165) is 11.5 Å². The number of amides is 1. The molecule has 3 rings (SSSR count). The van der Waals surface area contributed by atoms with Crippen LogP contribution in [0.4, 0.5) is 5.69 Å². The summed E-state index contributed by atoms with van der Waals surface area (Å²) in [5.74, 6) is 2.70. The molecule has 0 unspecified atom stereocenters. The van der Waals surface area contributed by atoms with E-state index in [2.05, 4.69) is 10.3 Å². The summed E-state index contributed by atoms with van der Waals surface area (Å²) in [6.07, 6.45) is 0.375. The molecule has 0 atom stereocenters. The molecule has 1 aliphatic rings. The van der Waals surface area contributed by atoms with E-state index >= 15 is 0 Å². The predicted molar refractivity (Wildman–Crippen MR) is 82.5 cm³/mol. The van der Waals surface area contributed by atoms with Crippen molar-refractivity contribution in [1.82, 2.24) is 4.98 Å². The number of nitrogens with one attached hydrogen (secondary N) is 1. The number of hydrogen-bond donors (Lipinski definition) is 1. The normalized spacial score (nSPS) is 12.5. The maximum Gasteiger partial charge on any atom is 0.256 e. The highest BCUT2D eigenvalue weighted by Crippen LogP contribution is 2.34. The van der Waals surface area contributed by atoms with Crippen LogP contribution in [0, 0.1) is 13.8 Å². The number of carbonyl (C=O) groups excluding carboxylic acids is 1. The maximum absolute atomic E-state index is 11.9. The molecule has 116 valence electrons. The number of aryl methyl sites for hydroxylation is 2. The highest BCUT2D eigenvalue weighted by atomic mass is 32.2. The highest BCUT2D eigenvalue weighted by molar-refractivity contribution is 7.99. The lowest BCUT2D eigenvalue weighted by atomic mass is 10.2. The van der Waals surface area contributed by atoms with E-state index in [1.807, 2.05) is 13.8 Å². The Morgan fingerprint density at radius 2 is 2.14 bits per heavy atom. The highest BCUT2D eigenvalue weighted by Gasteiger charge is 2.14. The van der Waals surface area contributed by atoms with Crippen LogP contribution in [0.2, 0.25) is 0 Å². The summed E-state index contributed by atoms with van der Waals surface area (Å²) in [6.45, 7) is 3.99. The van der Waals surface area contributed by atoms with Gasteiger partial charge in [-0.15, -0.1) is 0 Å². The molecule has 0 spiro atoms. The molecular weight excluding hydrogens is 304 g/mol. The van der Waals surface area contributed by atoms with Gasteiger partial charge < -0.3 is 19.2 Å². The average molecular weight is 320 g/mol. The molecule has 1 N–H and O–H groups in total. The van der Waals surface area contributed by atoms with E-state index in [1.165, 1.54) is 11.8 Å². The first kappa shape index (κ1) is 14.8. The Hall–Kier alpha value is -2.15. The topological polar surface area (TPSA) is 73.6 Å². The van der Waals surface area contributed by atoms with Gasteiger partial charge in [0.05, 0.1) is 5.69 Å². The zero-order valence-electron chi connectivity index (χ0n) is 12.3. The lowest BCUT2D eigenvalue weighted by Gasteiger charge is -2.05. The minimum Gasteiger partial charge on any atom is -0.454 e. The number of thioether (sulfide) groups is 1. The first-order chi connectivity index (χ1) is 10.6. The second-order valence-electron chi connectivity index (χ2n) is 4.84. The fourth-order valence-electron chi connectivity index (χ4n) is 1.93. The zero-order valence-corrected chi connectivity index (χ0v) is 13.2. The van der Waals surface area contributed by atoms with Gasteiger partial charge >= 0.3 is 0 Å². The Bertz CT molecular complexity index is 679. The Morgan fingerprint density at radius 1 is 1.32 bits per heavy atom. The molecule has 1 aliphatic heterocycles. The van der Waals surface area contributed by atoms with Crippen LogP contribution in [0.1, 0.15) is 17.9 Å². The molecule has 0 bridgehead atoms. The number of hydrogen-bond acceptors (Lipinski definition) is 6. The van der Waals surface area contributed by atoms with Gasteiger partial charge in [0.15, 0.2) is 11.5 Å². The Kier molecular flexibility index (Phi) is 4.24. The monoisotopic (exact) mass is 320 g/mol.